The van der Waals surface area contributed by atoms with Crippen LogP contribution in [0, 0.1) is 23.2 Å². The van der Waals surface area contributed by atoms with Crippen molar-refractivity contribution >= 4 is 11.8 Å². The van der Waals surface area contributed by atoms with Gasteiger partial charge in [0, 0.05) is 24.2 Å². The Labute approximate surface area is 132 Å². The Morgan fingerprint density at radius 2 is 1.95 bits per heavy atom. The maximum atomic E-state index is 4.37. The zero-order valence-electron chi connectivity index (χ0n) is 13.0. The Balaban J connectivity index is 1.50. The molecule has 1 aromatic rings. The number of nitrogens with zero attached hydrogens (tertiary/aromatic N) is 1. The van der Waals surface area contributed by atoms with E-state index in [0.717, 1.165) is 35.2 Å². The fraction of sp³-hybridized carbons (Fsp3) is 0.824. The second-order valence-corrected chi connectivity index (χ2v) is 8.60. The predicted octanol–water partition coefficient (Wildman–Crippen LogP) is 3.70. The normalized spacial score (nSPS) is 38.8. The molecule has 0 saturated heterocycles. The first-order valence-corrected chi connectivity index (χ1v) is 9.61. The molecule has 4 heteroatoms. The van der Waals surface area contributed by atoms with E-state index in [2.05, 4.69) is 22.2 Å². The summed E-state index contributed by atoms with van der Waals surface area (Å²) >= 11 is 1.89. The van der Waals surface area contributed by atoms with Crippen LogP contribution in [0.5, 0.6) is 0 Å². The standard InChI is InChI=1S/C17H27N3S/c1-2-18-15(11-21-16-19-3-4-20-16)17-8-12-5-13(9-17)7-14(6-12)10-17/h3-4,12-15,18H,2,5-11H2,1H3,(H,19,20). The van der Waals surface area contributed by atoms with E-state index in [1.807, 2.05) is 24.2 Å². The van der Waals surface area contributed by atoms with Crippen LogP contribution in [-0.2, 0) is 0 Å². The molecule has 4 saturated carbocycles. The van der Waals surface area contributed by atoms with E-state index in [1.165, 1.54) is 38.5 Å². The third-order valence-electron chi connectivity index (χ3n) is 6.14. The summed E-state index contributed by atoms with van der Waals surface area (Å²) in [6, 6.07) is 0.658. The largest absolute Gasteiger partial charge is 0.340 e. The molecule has 4 aliphatic carbocycles. The Morgan fingerprint density at radius 3 is 2.48 bits per heavy atom. The maximum Gasteiger partial charge on any atom is 0.165 e. The van der Waals surface area contributed by atoms with Crippen molar-refractivity contribution in [3.05, 3.63) is 12.4 Å². The molecule has 4 aliphatic rings. The minimum atomic E-state index is 0.588. The second kappa shape index (κ2) is 5.62. The second-order valence-electron chi connectivity index (χ2n) is 7.60. The maximum absolute atomic E-state index is 4.37. The van der Waals surface area contributed by atoms with Gasteiger partial charge in [-0.05, 0) is 68.2 Å². The molecule has 0 radical (unpaired) electrons. The number of aromatic nitrogens is 2. The van der Waals surface area contributed by atoms with Gasteiger partial charge >= 0.3 is 0 Å². The van der Waals surface area contributed by atoms with Crippen molar-refractivity contribution in [3.8, 4) is 0 Å². The van der Waals surface area contributed by atoms with Crippen molar-refractivity contribution in [2.24, 2.45) is 23.2 Å². The molecule has 0 spiro atoms. The Bertz CT molecular complexity index is 435. The quantitative estimate of drug-likeness (QED) is 0.787. The summed E-state index contributed by atoms with van der Waals surface area (Å²) in [7, 11) is 0. The molecule has 2 N–H and O–H groups in total. The van der Waals surface area contributed by atoms with E-state index in [1.54, 1.807) is 0 Å². The van der Waals surface area contributed by atoms with Crippen LogP contribution < -0.4 is 5.32 Å². The van der Waals surface area contributed by atoms with Crippen LogP contribution in [0.15, 0.2) is 17.6 Å². The lowest BCUT2D eigenvalue weighted by molar-refractivity contribution is -0.0691. The molecule has 21 heavy (non-hydrogen) atoms. The number of H-pyrrole nitrogens is 1. The monoisotopic (exact) mass is 305 g/mol. The average Bonchev–Trinajstić information content (AvgIpc) is 2.95. The summed E-state index contributed by atoms with van der Waals surface area (Å²) in [5.74, 6) is 4.26. The smallest absolute Gasteiger partial charge is 0.165 e. The third-order valence-corrected chi connectivity index (χ3v) is 7.13. The molecule has 1 atom stereocenters. The summed E-state index contributed by atoms with van der Waals surface area (Å²) in [6.45, 7) is 3.34. The summed E-state index contributed by atoms with van der Waals surface area (Å²) in [5.41, 5.74) is 0.588. The Morgan fingerprint density at radius 1 is 1.29 bits per heavy atom. The highest BCUT2D eigenvalue weighted by atomic mass is 32.2. The predicted molar refractivity (Wildman–Crippen MR) is 87.4 cm³/mol. The van der Waals surface area contributed by atoms with Crippen molar-refractivity contribution in [1.29, 1.82) is 0 Å². The number of hydrogen-bond donors (Lipinski definition) is 2. The highest BCUT2D eigenvalue weighted by Crippen LogP contribution is 2.61. The topological polar surface area (TPSA) is 40.7 Å². The number of nitrogens with one attached hydrogen (secondary N) is 2. The lowest BCUT2D eigenvalue weighted by atomic mass is 9.48. The molecule has 1 unspecified atom stereocenters. The van der Waals surface area contributed by atoms with Crippen molar-refractivity contribution in [2.75, 3.05) is 12.3 Å². The summed E-state index contributed by atoms with van der Waals surface area (Å²) < 4.78 is 0. The van der Waals surface area contributed by atoms with Crippen molar-refractivity contribution < 1.29 is 0 Å². The zero-order valence-corrected chi connectivity index (χ0v) is 13.8. The van der Waals surface area contributed by atoms with Gasteiger partial charge in [-0.2, -0.15) is 0 Å². The molecule has 4 fully saturated rings. The van der Waals surface area contributed by atoms with E-state index in [4.69, 9.17) is 0 Å². The van der Waals surface area contributed by atoms with Crippen LogP contribution in [0.2, 0.25) is 0 Å². The first-order valence-electron chi connectivity index (χ1n) is 8.63. The van der Waals surface area contributed by atoms with Crippen LogP contribution in [0.25, 0.3) is 0 Å². The van der Waals surface area contributed by atoms with Gasteiger partial charge in [0.25, 0.3) is 0 Å². The van der Waals surface area contributed by atoms with E-state index in [0.29, 0.717) is 11.5 Å². The Hall–Kier alpha value is -0.480. The van der Waals surface area contributed by atoms with Crippen LogP contribution >= 0.6 is 11.8 Å². The zero-order chi connectivity index (χ0) is 14.3. The van der Waals surface area contributed by atoms with Gasteiger partial charge in [-0.1, -0.05) is 18.7 Å². The number of imidazole rings is 1. The van der Waals surface area contributed by atoms with Gasteiger partial charge in [-0.25, -0.2) is 4.98 Å². The molecule has 0 aromatic carbocycles. The van der Waals surface area contributed by atoms with Gasteiger partial charge in [0.05, 0.1) is 0 Å². The van der Waals surface area contributed by atoms with Crippen molar-refractivity contribution in [3.63, 3.8) is 0 Å². The van der Waals surface area contributed by atoms with E-state index in [9.17, 15) is 0 Å². The van der Waals surface area contributed by atoms with Gasteiger partial charge in [0.1, 0.15) is 0 Å². The molecule has 3 nitrogen and oxygen atoms in total. The molecule has 116 valence electrons. The first kappa shape index (κ1) is 14.1. The average molecular weight is 305 g/mol. The van der Waals surface area contributed by atoms with Gasteiger partial charge < -0.3 is 10.3 Å². The van der Waals surface area contributed by atoms with Gasteiger partial charge in [0.15, 0.2) is 5.16 Å². The highest BCUT2D eigenvalue weighted by Gasteiger charge is 2.53. The van der Waals surface area contributed by atoms with Crippen molar-refractivity contribution in [2.45, 2.75) is 56.6 Å². The number of thioether (sulfide) groups is 1. The number of hydrogen-bond acceptors (Lipinski definition) is 3. The lowest BCUT2D eigenvalue weighted by Crippen LogP contribution is -2.56. The molecular weight excluding hydrogens is 278 g/mol. The molecule has 1 heterocycles. The summed E-state index contributed by atoms with van der Waals surface area (Å²) in [4.78, 5) is 7.61. The fourth-order valence-electron chi connectivity index (χ4n) is 5.80. The lowest BCUT2D eigenvalue weighted by Gasteiger charge is -2.59. The third kappa shape index (κ3) is 2.65. The molecule has 4 bridgehead atoms. The van der Waals surface area contributed by atoms with Gasteiger partial charge in [-0.3, -0.25) is 0 Å². The SMILES string of the molecule is CCNC(CSc1ncc[nH]1)C12CC3CC(CC(C3)C1)C2. The van der Waals surface area contributed by atoms with E-state index < -0.39 is 0 Å². The van der Waals surface area contributed by atoms with Crippen molar-refractivity contribution in [1.82, 2.24) is 15.3 Å². The number of rotatable bonds is 6. The van der Waals surface area contributed by atoms with Gasteiger partial charge in [-0.15, -0.1) is 0 Å². The Kier molecular flexibility index (Phi) is 3.78. The summed E-state index contributed by atoms with van der Waals surface area (Å²) in [6.07, 6.45) is 12.8. The molecule has 0 amide bonds. The van der Waals surface area contributed by atoms with E-state index in [-0.39, 0.29) is 0 Å². The minimum Gasteiger partial charge on any atom is -0.340 e. The van der Waals surface area contributed by atoms with E-state index >= 15 is 0 Å². The fourth-order valence-corrected chi connectivity index (χ4v) is 6.88. The molecule has 1 aromatic heterocycles. The molecule has 5 rings (SSSR count). The first-order chi connectivity index (χ1) is 10.3. The van der Waals surface area contributed by atoms with Crippen LogP contribution in [0.1, 0.15) is 45.4 Å². The molecular formula is C17H27N3S. The van der Waals surface area contributed by atoms with Crippen LogP contribution in [0.3, 0.4) is 0 Å². The molecule has 0 aliphatic heterocycles. The van der Waals surface area contributed by atoms with Crippen LogP contribution in [0.4, 0.5) is 0 Å². The summed E-state index contributed by atoms with van der Waals surface area (Å²) in [5, 5.41) is 4.91. The van der Waals surface area contributed by atoms with Crippen LogP contribution in [-0.4, -0.2) is 28.3 Å². The highest BCUT2D eigenvalue weighted by molar-refractivity contribution is 7.99. The number of aromatic amines is 1. The minimum absolute atomic E-state index is 0.588. The van der Waals surface area contributed by atoms with Gasteiger partial charge in [0.2, 0.25) is 0 Å².